The van der Waals surface area contributed by atoms with Gasteiger partial charge >= 0.3 is 7.12 Å². The van der Waals surface area contributed by atoms with Crippen LogP contribution in [-0.2, 0) is 6.61 Å². The first kappa shape index (κ1) is 11.8. The van der Waals surface area contributed by atoms with Crippen LogP contribution in [0.2, 0.25) is 0 Å². The zero-order valence-electron chi connectivity index (χ0n) is 8.60. The van der Waals surface area contributed by atoms with Crippen molar-refractivity contribution in [2.45, 2.75) is 6.61 Å². The summed E-state index contributed by atoms with van der Waals surface area (Å²) in [6.07, 6.45) is 0. The monoisotopic (exact) mass is 212 g/mol. The van der Waals surface area contributed by atoms with E-state index in [0.29, 0.717) is 17.1 Å². The minimum absolute atomic E-state index is 0.247. The van der Waals surface area contributed by atoms with Gasteiger partial charge in [0.15, 0.2) is 11.5 Å². The molecule has 0 heterocycles. The molecule has 1 rings (SSSR count). The predicted octanol–water partition coefficient (Wildman–Crippen LogP) is -1.12. The minimum atomic E-state index is -1.60. The average molecular weight is 212 g/mol. The summed E-state index contributed by atoms with van der Waals surface area (Å²) in [5.74, 6) is 0.747. The Morgan fingerprint density at radius 3 is 2.27 bits per heavy atom. The molecule has 0 saturated heterocycles. The van der Waals surface area contributed by atoms with Crippen LogP contribution < -0.4 is 14.9 Å². The molecule has 0 bridgehead atoms. The van der Waals surface area contributed by atoms with Crippen LogP contribution in [0.4, 0.5) is 0 Å². The Morgan fingerprint density at radius 1 is 1.20 bits per heavy atom. The van der Waals surface area contributed by atoms with Crippen molar-refractivity contribution in [3.63, 3.8) is 0 Å². The molecule has 0 unspecified atom stereocenters. The summed E-state index contributed by atoms with van der Waals surface area (Å²) in [6, 6.07) is 2.90. The molecule has 0 aliphatic carbocycles. The number of hydrogen-bond donors (Lipinski definition) is 3. The van der Waals surface area contributed by atoms with Crippen LogP contribution in [0.5, 0.6) is 11.5 Å². The molecular formula is C9H13BO5. The Bertz CT molecular complexity index is 314. The van der Waals surface area contributed by atoms with Crippen LogP contribution in [0.15, 0.2) is 12.1 Å². The number of methoxy groups -OCH3 is 2. The van der Waals surface area contributed by atoms with E-state index in [-0.39, 0.29) is 12.1 Å². The Balaban J connectivity index is 3.29. The summed E-state index contributed by atoms with van der Waals surface area (Å²) < 4.78 is 10.1. The fraction of sp³-hybridized carbons (Fsp3) is 0.333. The quantitative estimate of drug-likeness (QED) is 0.550. The third-order valence-electron chi connectivity index (χ3n) is 2.05. The molecule has 1 aromatic carbocycles. The third-order valence-corrected chi connectivity index (χ3v) is 2.05. The van der Waals surface area contributed by atoms with Gasteiger partial charge in [0.05, 0.1) is 20.8 Å². The van der Waals surface area contributed by atoms with Gasteiger partial charge < -0.3 is 24.6 Å². The van der Waals surface area contributed by atoms with Gasteiger partial charge in [0, 0.05) is 5.56 Å². The normalized spacial score (nSPS) is 9.93. The van der Waals surface area contributed by atoms with Gasteiger partial charge in [0.25, 0.3) is 0 Å². The number of ether oxygens (including phenoxy) is 2. The molecule has 0 amide bonds. The molecule has 0 aromatic heterocycles. The molecule has 1 aromatic rings. The summed E-state index contributed by atoms with van der Waals surface area (Å²) in [7, 11) is 1.29. The number of aliphatic hydroxyl groups excluding tert-OH is 1. The molecule has 0 aliphatic heterocycles. The number of aliphatic hydroxyl groups is 1. The van der Waals surface area contributed by atoms with E-state index < -0.39 is 7.12 Å². The smallest absolute Gasteiger partial charge is 0.488 e. The first-order chi connectivity index (χ1) is 7.13. The van der Waals surface area contributed by atoms with Crippen LogP contribution in [-0.4, -0.2) is 36.5 Å². The molecule has 3 N–H and O–H groups in total. The lowest BCUT2D eigenvalue weighted by atomic mass is 9.79. The largest absolute Gasteiger partial charge is 0.493 e. The van der Waals surface area contributed by atoms with Crippen molar-refractivity contribution in [2.75, 3.05) is 14.2 Å². The standard InChI is InChI=1S/C9H13BO5/c1-14-8-4-7(10(12)13)3-6(5-11)9(8)15-2/h3-4,11-13H,5H2,1-2H3. The average Bonchev–Trinajstić information content (AvgIpc) is 2.26. The summed E-state index contributed by atoms with van der Waals surface area (Å²) in [5.41, 5.74) is 0.691. The second-order valence-corrected chi connectivity index (χ2v) is 2.95. The van der Waals surface area contributed by atoms with Crippen LogP contribution in [0, 0.1) is 0 Å². The maximum atomic E-state index is 9.08. The highest BCUT2D eigenvalue weighted by Gasteiger charge is 2.18. The molecule has 5 nitrogen and oxygen atoms in total. The molecule has 0 radical (unpaired) electrons. The van der Waals surface area contributed by atoms with Crippen molar-refractivity contribution >= 4 is 12.6 Å². The van der Waals surface area contributed by atoms with E-state index >= 15 is 0 Å². The Hall–Kier alpha value is -1.24. The minimum Gasteiger partial charge on any atom is -0.493 e. The zero-order chi connectivity index (χ0) is 11.4. The van der Waals surface area contributed by atoms with Crippen molar-refractivity contribution in [1.29, 1.82) is 0 Å². The predicted molar refractivity (Wildman–Crippen MR) is 55.3 cm³/mol. The van der Waals surface area contributed by atoms with Crippen molar-refractivity contribution in [3.8, 4) is 11.5 Å². The van der Waals surface area contributed by atoms with Crippen LogP contribution in [0.25, 0.3) is 0 Å². The Kier molecular flexibility index (Phi) is 3.96. The van der Waals surface area contributed by atoms with E-state index in [2.05, 4.69) is 0 Å². The molecule has 0 aliphatic rings. The molecule has 0 saturated carbocycles. The highest BCUT2D eigenvalue weighted by molar-refractivity contribution is 6.58. The van der Waals surface area contributed by atoms with Crippen molar-refractivity contribution in [3.05, 3.63) is 17.7 Å². The molecule has 82 valence electrons. The lowest BCUT2D eigenvalue weighted by molar-refractivity contribution is 0.270. The van der Waals surface area contributed by atoms with Gasteiger partial charge in [-0.15, -0.1) is 0 Å². The molecule has 0 fully saturated rings. The molecule has 0 atom stereocenters. The molecular weight excluding hydrogens is 199 g/mol. The van der Waals surface area contributed by atoms with Gasteiger partial charge in [-0.05, 0) is 11.5 Å². The van der Waals surface area contributed by atoms with Crippen molar-refractivity contribution in [1.82, 2.24) is 0 Å². The van der Waals surface area contributed by atoms with Crippen LogP contribution in [0.1, 0.15) is 5.56 Å². The van der Waals surface area contributed by atoms with E-state index in [1.165, 1.54) is 26.4 Å². The van der Waals surface area contributed by atoms with Crippen molar-refractivity contribution < 1.29 is 24.6 Å². The second kappa shape index (κ2) is 5.02. The first-order valence-corrected chi connectivity index (χ1v) is 4.35. The highest BCUT2D eigenvalue weighted by Crippen LogP contribution is 2.29. The fourth-order valence-corrected chi connectivity index (χ4v) is 1.33. The Labute approximate surface area is 88.0 Å². The molecule has 15 heavy (non-hydrogen) atoms. The lowest BCUT2D eigenvalue weighted by Gasteiger charge is -2.13. The topological polar surface area (TPSA) is 79.2 Å². The highest BCUT2D eigenvalue weighted by atomic mass is 16.5. The van der Waals surface area contributed by atoms with Gasteiger partial charge in [-0.3, -0.25) is 0 Å². The van der Waals surface area contributed by atoms with Crippen LogP contribution in [0.3, 0.4) is 0 Å². The number of rotatable bonds is 4. The van der Waals surface area contributed by atoms with Gasteiger partial charge in [-0.2, -0.15) is 0 Å². The van der Waals surface area contributed by atoms with E-state index in [1.54, 1.807) is 0 Å². The van der Waals surface area contributed by atoms with E-state index in [0.717, 1.165) is 0 Å². The Morgan fingerprint density at radius 2 is 1.87 bits per heavy atom. The maximum Gasteiger partial charge on any atom is 0.488 e. The molecule has 6 heteroatoms. The lowest BCUT2D eigenvalue weighted by Crippen LogP contribution is -2.30. The maximum absolute atomic E-state index is 9.08. The summed E-state index contributed by atoms with van der Waals surface area (Å²) in [6.45, 7) is -0.264. The number of hydrogen-bond acceptors (Lipinski definition) is 5. The fourth-order valence-electron chi connectivity index (χ4n) is 1.33. The summed E-state index contributed by atoms with van der Waals surface area (Å²) in [4.78, 5) is 0. The van der Waals surface area contributed by atoms with Gasteiger partial charge in [0.1, 0.15) is 0 Å². The van der Waals surface area contributed by atoms with E-state index in [1.807, 2.05) is 0 Å². The van der Waals surface area contributed by atoms with E-state index in [9.17, 15) is 0 Å². The third kappa shape index (κ3) is 2.41. The van der Waals surface area contributed by atoms with Crippen LogP contribution >= 0.6 is 0 Å². The second-order valence-electron chi connectivity index (χ2n) is 2.95. The number of benzene rings is 1. The SMILES string of the molecule is COc1cc(B(O)O)cc(CO)c1OC. The first-order valence-electron chi connectivity index (χ1n) is 4.35. The summed E-state index contributed by atoms with van der Waals surface area (Å²) in [5, 5.41) is 27.1. The summed E-state index contributed by atoms with van der Waals surface area (Å²) >= 11 is 0. The van der Waals surface area contributed by atoms with E-state index in [4.69, 9.17) is 24.6 Å². The zero-order valence-corrected chi connectivity index (χ0v) is 8.60. The van der Waals surface area contributed by atoms with Gasteiger partial charge in [-0.25, -0.2) is 0 Å². The van der Waals surface area contributed by atoms with Gasteiger partial charge in [-0.1, -0.05) is 6.07 Å². The van der Waals surface area contributed by atoms with Gasteiger partial charge in [0.2, 0.25) is 0 Å². The molecule has 0 spiro atoms. The van der Waals surface area contributed by atoms with Crippen molar-refractivity contribution in [2.24, 2.45) is 0 Å².